The molecule has 0 aliphatic heterocycles. The van der Waals surface area contributed by atoms with Crippen LogP contribution >= 0.6 is 27.3 Å². The van der Waals surface area contributed by atoms with E-state index < -0.39 is 10.0 Å². The predicted molar refractivity (Wildman–Crippen MR) is 80.8 cm³/mol. The zero-order chi connectivity index (χ0) is 14.6. The molecule has 2 heterocycles. The minimum absolute atomic E-state index is 0.00601. The molecule has 7 nitrogen and oxygen atoms in total. The Bertz CT molecular complexity index is 675. The van der Waals surface area contributed by atoms with Gasteiger partial charge in [0.2, 0.25) is 10.0 Å². The first kappa shape index (κ1) is 15.3. The number of thiazole rings is 1. The van der Waals surface area contributed by atoms with Gasteiger partial charge >= 0.3 is 0 Å². The maximum atomic E-state index is 12.2. The van der Waals surface area contributed by atoms with Gasteiger partial charge in [-0.2, -0.15) is 0 Å². The van der Waals surface area contributed by atoms with Gasteiger partial charge in [-0.1, -0.05) is 0 Å². The lowest BCUT2D eigenvalue weighted by Crippen LogP contribution is -2.27. The highest BCUT2D eigenvalue weighted by Gasteiger charge is 2.19. The number of hydrazine groups is 1. The van der Waals surface area contributed by atoms with E-state index in [0.29, 0.717) is 10.9 Å². The molecular formula is C10H12BrN5O2S2. The Balaban J connectivity index is 2.11. The van der Waals surface area contributed by atoms with Gasteiger partial charge in [-0.3, -0.25) is 0 Å². The molecule has 0 aromatic carbocycles. The van der Waals surface area contributed by atoms with Crippen molar-refractivity contribution in [1.29, 1.82) is 0 Å². The SMILES string of the molecule is NNc1ncc(Br)cc1S(=O)(=O)NCCc1nccs1. The largest absolute Gasteiger partial charge is 0.307 e. The number of halogens is 1. The Morgan fingerprint density at radius 1 is 1.40 bits per heavy atom. The second-order valence-corrected chi connectivity index (χ2v) is 7.35. The van der Waals surface area contributed by atoms with Crippen LogP contribution in [-0.4, -0.2) is 24.9 Å². The van der Waals surface area contributed by atoms with Gasteiger partial charge in [-0.05, 0) is 22.0 Å². The predicted octanol–water partition coefficient (Wildman–Crippen LogP) is 1.11. The lowest BCUT2D eigenvalue weighted by molar-refractivity contribution is 0.581. The molecule has 0 amide bonds. The first-order valence-electron chi connectivity index (χ1n) is 5.53. The Hall–Kier alpha value is -1.07. The summed E-state index contributed by atoms with van der Waals surface area (Å²) in [6.45, 7) is 0.256. The molecule has 4 N–H and O–H groups in total. The van der Waals surface area contributed by atoms with E-state index in [-0.39, 0.29) is 17.3 Å². The summed E-state index contributed by atoms with van der Waals surface area (Å²) in [6.07, 6.45) is 3.68. The van der Waals surface area contributed by atoms with Crippen LogP contribution in [0.4, 0.5) is 5.82 Å². The van der Waals surface area contributed by atoms with E-state index in [9.17, 15) is 8.42 Å². The van der Waals surface area contributed by atoms with Crippen LogP contribution in [0.3, 0.4) is 0 Å². The van der Waals surface area contributed by atoms with E-state index in [2.05, 4.69) is 36.0 Å². The fourth-order valence-electron chi connectivity index (χ4n) is 1.48. The maximum absolute atomic E-state index is 12.2. The highest BCUT2D eigenvalue weighted by atomic mass is 79.9. The molecule has 108 valence electrons. The molecule has 2 rings (SSSR count). The van der Waals surface area contributed by atoms with Crippen molar-refractivity contribution in [3.8, 4) is 0 Å². The second-order valence-electron chi connectivity index (χ2n) is 3.72. The third-order valence-corrected chi connectivity index (χ3v) is 5.11. The highest BCUT2D eigenvalue weighted by molar-refractivity contribution is 9.10. The fourth-order valence-corrected chi connectivity index (χ4v) is 3.76. The van der Waals surface area contributed by atoms with Gasteiger partial charge in [-0.15, -0.1) is 11.3 Å². The molecule has 10 heteroatoms. The quantitative estimate of drug-likeness (QED) is 0.513. The molecule has 2 aromatic rings. The third-order valence-electron chi connectivity index (χ3n) is 2.36. The molecule has 0 fully saturated rings. The van der Waals surface area contributed by atoms with Crippen molar-refractivity contribution in [1.82, 2.24) is 14.7 Å². The van der Waals surface area contributed by atoms with Gasteiger partial charge in [0.15, 0.2) is 5.82 Å². The molecule has 2 aromatic heterocycles. The van der Waals surface area contributed by atoms with Crippen LogP contribution < -0.4 is 16.0 Å². The normalized spacial score (nSPS) is 11.5. The number of nitrogens with two attached hydrogens (primary N) is 1. The van der Waals surface area contributed by atoms with Crippen molar-refractivity contribution in [3.63, 3.8) is 0 Å². The molecule has 0 saturated heterocycles. The smallest absolute Gasteiger partial charge is 0.244 e. The molecular weight excluding hydrogens is 366 g/mol. The molecule has 0 radical (unpaired) electrons. The summed E-state index contributed by atoms with van der Waals surface area (Å²) < 4.78 is 27.5. The molecule has 0 spiro atoms. The third kappa shape index (κ3) is 3.73. The van der Waals surface area contributed by atoms with E-state index in [0.717, 1.165) is 5.01 Å². The number of nitrogens with one attached hydrogen (secondary N) is 2. The molecule has 0 unspecified atom stereocenters. The summed E-state index contributed by atoms with van der Waals surface area (Å²) in [6, 6.07) is 1.44. The summed E-state index contributed by atoms with van der Waals surface area (Å²) in [5.41, 5.74) is 2.27. The molecule has 20 heavy (non-hydrogen) atoms. The van der Waals surface area contributed by atoms with Gasteiger partial charge in [-0.25, -0.2) is 29.0 Å². The summed E-state index contributed by atoms with van der Waals surface area (Å²) in [4.78, 5) is 7.99. The number of nitrogen functional groups attached to an aromatic ring is 1. The molecule has 0 saturated carbocycles. The Labute approximate surface area is 128 Å². The summed E-state index contributed by atoms with van der Waals surface area (Å²) in [5, 5.41) is 2.72. The molecule has 0 aliphatic carbocycles. The van der Waals surface area contributed by atoms with Crippen LogP contribution in [0.5, 0.6) is 0 Å². The summed E-state index contributed by atoms with van der Waals surface area (Å²) in [5.74, 6) is 5.37. The van der Waals surface area contributed by atoms with Crippen molar-refractivity contribution < 1.29 is 8.42 Å². The number of rotatable bonds is 6. The lowest BCUT2D eigenvalue weighted by atomic mass is 10.5. The van der Waals surface area contributed by atoms with E-state index in [4.69, 9.17) is 5.84 Å². The van der Waals surface area contributed by atoms with E-state index in [1.165, 1.54) is 23.6 Å². The summed E-state index contributed by atoms with van der Waals surface area (Å²) in [7, 11) is -3.69. The van der Waals surface area contributed by atoms with E-state index in [1.54, 1.807) is 6.20 Å². The topological polar surface area (TPSA) is 110 Å². The minimum atomic E-state index is -3.69. The fraction of sp³-hybridized carbons (Fsp3) is 0.200. The van der Waals surface area contributed by atoms with Crippen LogP contribution in [0, 0.1) is 0 Å². The van der Waals surface area contributed by atoms with Crippen molar-refractivity contribution in [2.45, 2.75) is 11.3 Å². The van der Waals surface area contributed by atoms with E-state index in [1.807, 2.05) is 5.38 Å². The van der Waals surface area contributed by atoms with Crippen molar-refractivity contribution in [3.05, 3.63) is 33.3 Å². The standard InChI is InChI=1S/C10H12BrN5O2S2/c11-7-5-8(10(16-12)14-6-7)20(17,18)15-2-1-9-13-3-4-19-9/h3-6,15H,1-2,12H2,(H,14,16). The van der Waals surface area contributed by atoms with Crippen molar-refractivity contribution in [2.24, 2.45) is 5.84 Å². The van der Waals surface area contributed by atoms with Gasteiger partial charge < -0.3 is 5.43 Å². The van der Waals surface area contributed by atoms with Gasteiger partial charge in [0.05, 0.1) is 5.01 Å². The van der Waals surface area contributed by atoms with Gasteiger partial charge in [0, 0.05) is 35.2 Å². The second kappa shape index (κ2) is 6.59. The average molecular weight is 378 g/mol. The lowest BCUT2D eigenvalue weighted by Gasteiger charge is -2.10. The first-order valence-corrected chi connectivity index (χ1v) is 8.68. The number of aromatic nitrogens is 2. The Kier molecular flexibility index (Phi) is 5.05. The van der Waals surface area contributed by atoms with Crippen LogP contribution in [0.15, 0.2) is 33.2 Å². The number of nitrogens with zero attached hydrogens (tertiary/aromatic N) is 2. The van der Waals surface area contributed by atoms with Gasteiger partial charge in [0.25, 0.3) is 0 Å². The van der Waals surface area contributed by atoms with E-state index >= 15 is 0 Å². The summed E-state index contributed by atoms with van der Waals surface area (Å²) >= 11 is 4.67. The number of sulfonamides is 1. The first-order chi connectivity index (χ1) is 9.53. The van der Waals surface area contributed by atoms with Crippen molar-refractivity contribution >= 4 is 43.1 Å². The van der Waals surface area contributed by atoms with Gasteiger partial charge in [0.1, 0.15) is 4.90 Å². The minimum Gasteiger partial charge on any atom is -0.307 e. The number of pyridine rings is 1. The van der Waals surface area contributed by atoms with Crippen LogP contribution in [0.25, 0.3) is 0 Å². The number of hydrogen-bond acceptors (Lipinski definition) is 7. The number of anilines is 1. The number of hydrogen-bond donors (Lipinski definition) is 3. The average Bonchev–Trinajstić information content (AvgIpc) is 2.91. The van der Waals surface area contributed by atoms with Crippen LogP contribution in [0.1, 0.15) is 5.01 Å². The molecule has 0 aliphatic rings. The van der Waals surface area contributed by atoms with Crippen LogP contribution in [0.2, 0.25) is 0 Å². The van der Waals surface area contributed by atoms with Crippen LogP contribution in [-0.2, 0) is 16.4 Å². The zero-order valence-corrected chi connectivity index (χ0v) is 13.4. The molecule has 0 atom stereocenters. The maximum Gasteiger partial charge on any atom is 0.244 e. The molecule has 0 bridgehead atoms. The van der Waals surface area contributed by atoms with Crippen molar-refractivity contribution in [2.75, 3.05) is 12.0 Å². The zero-order valence-electron chi connectivity index (χ0n) is 10.2. The highest BCUT2D eigenvalue weighted by Crippen LogP contribution is 2.21. The Morgan fingerprint density at radius 3 is 2.85 bits per heavy atom. The monoisotopic (exact) mass is 377 g/mol. The Morgan fingerprint density at radius 2 is 2.20 bits per heavy atom.